The van der Waals surface area contributed by atoms with E-state index in [4.69, 9.17) is 16.3 Å². The van der Waals surface area contributed by atoms with Crippen molar-refractivity contribution in [3.8, 4) is 0 Å². The minimum Gasteiger partial charge on any atom is -0.376 e. The molecule has 1 atom stereocenters. The summed E-state index contributed by atoms with van der Waals surface area (Å²) in [5, 5.41) is 14.3. The highest BCUT2D eigenvalue weighted by atomic mass is 35.5. The molecule has 1 aromatic carbocycles. The van der Waals surface area contributed by atoms with Crippen LogP contribution in [-0.2, 0) is 9.53 Å². The van der Waals surface area contributed by atoms with Crippen molar-refractivity contribution in [1.29, 1.82) is 0 Å². The van der Waals surface area contributed by atoms with Crippen molar-refractivity contribution in [2.45, 2.75) is 23.3 Å². The summed E-state index contributed by atoms with van der Waals surface area (Å²) in [6.45, 7) is 1.31. The molecule has 0 bridgehead atoms. The second-order valence-corrected chi connectivity index (χ2v) is 8.20. The molecule has 1 fully saturated rings. The summed E-state index contributed by atoms with van der Waals surface area (Å²) in [5.74, 6) is -0.149. The van der Waals surface area contributed by atoms with Gasteiger partial charge in [0.25, 0.3) is 5.91 Å². The second kappa shape index (κ2) is 9.31. The van der Waals surface area contributed by atoms with Gasteiger partial charge >= 0.3 is 0 Å². The Morgan fingerprint density at radius 3 is 3.04 bits per heavy atom. The number of carbonyl (C=O) groups is 2. The molecule has 1 aliphatic heterocycles. The van der Waals surface area contributed by atoms with E-state index in [1.807, 2.05) is 0 Å². The Hall–Kier alpha value is -1.68. The number of halogens is 1. The van der Waals surface area contributed by atoms with Crippen LogP contribution in [0, 0.1) is 0 Å². The molecule has 0 spiro atoms. The Kier molecular flexibility index (Phi) is 6.84. The van der Waals surface area contributed by atoms with Crippen molar-refractivity contribution in [2.75, 3.05) is 24.2 Å². The summed E-state index contributed by atoms with van der Waals surface area (Å²) in [6.07, 6.45) is 2.15. The molecular weight excluding hydrogens is 396 g/mol. The number of ether oxygens (including phenoxy) is 1. The summed E-state index contributed by atoms with van der Waals surface area (Å²) >= 11 is 8.37. The predicted octanol–water partition coefficient (Wildman–Crippen LogP) is 2.83. The quantitative estimate of drug-likeness (QED) is 0.536. The van der Waals surface area contributed by atoms with Crippen LogP contribution in [-0.4, -0.2) is 47.0 Å². The Labute approximate surface area is 163 Å². The third-order valence-electron chi connectivity index (χ3n) is 3.59. The van der Waals surface area contributed by atoms with Gasteiger partial charge in [-0.15, -0.1) is 10.2 Å². The van der Waals surface area contributed by atoms with Crippen LogP contribution in [0.4, 0.5) is 5.13 Å². The van der Waals surface area contributed by atoms with Gasteiger partial charge in [0.1, 0.15) is 0 Å². The fraction of sp³-hybridized carbons (Fsp3) is 0.375. The van der Waals surface area contributed by atoms with E-state index in [9.17, 15) is 9.59 Å². The van der Waals surface area contributed by atoms with E-state index in [1.54, 1.807) is 24.3 Å². The van der Waals surface area contributed by atoms with Gasteiger partial charge in [0, 0.05) is 23.7 Å². The molecule has 0 aliphatic carbocycles. The highest BCUT2D eigenvalue weighted by Crippen LogP contribution is 2.25. The van der Waals surface area contributed by atoms with Crippen LogP contribution >= 0.6 is 34.7 Å². The first-order chi connectivity index (χ1) is 12.6. The largest absolute Gasteiger partial charge is 0.376 e. The highest BCUT2D eigenvalue weighted by molar-refractivity contribution is 8.01. The second-order valence-electron chi connectivity index (χ2n) is 5.57. The molecular formula is C16H17ClN4O3S2. The van der Waals surface area contributed by atoms with Gasteiger partial charge in [-0.05, 0) is 31.0 Å². The molecule has 3 rings (SSSR count). The lowest BCUT2D eigenvalue weighted by Crippen LogP contribution is -2.32. The first kappa shape index (κ1) is 19.1. The van der Waals surface area contributed by atoms with Gasteiger partial charge in [-0.2, -0.15) is 0 Å². The molecule has 2 N–H and O–H groups in total. The topological polar surface area (TPSA) is 93.2 Å². The van der Waals surface area contributed by atoms with Crippen LogP contribution in [0.2, 0.25) is 5.02 Å². The molecule has 0 radical (unpaired) electrons. The van der Waals surface area contributed by atoms with Crippen molar-refractivity contribution < 1.29 is 14.3 Å². The van der Waals surface area contributed by atoms with Gasteiger partial charge < -0.3 is 10.1 Å². The number of benzene rings is 1. The first-order valence-electron chi connectivity index (χ1n) is 8.01. The van der Waals surface area contributed by atoms with E-state index >= 15 is 0 Å². The number of thioether (sulfide) groups is 1. The average Bonchev–Trinajstić information content (AvgIpc) is 3.30. The van der Waals surface area contributed by atoms with Crippen LogP contribution in [0.25, 0.3) is 0 Å². The smallest absolute Gasteiger partial charge is 0.257 e. The zero-order valence-corrected chi connectivity index (χ0v) is 16.1. The number of nitrogens with zero attached hydrogens (tertiary/aromatic N) is 2. The number of amides is 2. The van der Waals surface area contributed by atoms with Gasteiger partial charge in [-0.25, -0.2) is 0 Å². The Morgan fingerprint density at radius 2 is 2.27 bits per heavy atom. The molecule has 2 amide bonds. The van der Waals surface area contributed by atoms with Crippen molar-refractivity contribution >= 4 is 51.6 Å². The van der Waals surface area contributed by atoms with Crippen molar-refractivity contribution in [3.05, 3.63) is 34.9 Å². The molecule has 26 heavy (non-hydrogen) atoms. The van der Waals surface area contributed by atoms with E-state index < -0.39 is 0 Å². The minimum atomic E-state index is -0.311. The summed E-state index contributed by atoms with van der Waals surface area (Å²) in [7, 11) is 0. The van der Waals surface area contributed by atoms with Crippen LogP contribution < -0.4 is 10.6 Å². The normalized spacial score (nSPS) is 16.4. The SMILES string of the molecule is O=C(CSc1nnc(NC(=O)c2cccc(Cl)c2)s1)NC[C@H]1CCCO1. The summed E-state index contributed by atoms with van der Waals surface area (Å²) in [5.41, 5.74) is 0.440. The highest BCUT2D eigenvalue weighted by Gasteiger charge is 2.17. The Balaban J connectivity index is 1.44. The molecule has 10 heteroatoms. The van der Waals surface area contributed by atoms with Crippen LogP contribution in [0.3, 0.4) is 0 Å². The molecule has 2 aromatic rings. The fourth-order valence-corrected chi connectivity index (χ4v) is 4.10. The molecule has 0 unspecified atom stereocenters. The fourth-order valence-electron chi connectivity index (χ4n) is 2.33. The van der Waals surface area contributed by atoms with E-state index in [1.165, 1.54) is 23.1 Å². The van der Waals surface area contributed by atoms with E-state index in [-0.39, 0.29) is 23.7 Å². The maximum atomic E-state index is 12.1. The maximum absolute atomic E-state index is 12.1. The minimum absolute atomic E-state index is 0.0785. The number of rotatable bonds is 7. The third-order valence-corrected chi connectivity index (χ3v) is 5.80. The van der Waals surface area contributed by atoms with Gasteiger partial charge in [0.05, 0.1) is 11.9 Å². The standard InChI is InChI=1S/C16H17ClN4O3S2/c17-11-4-1-3-10(7-11)14(23)19-15-20-21-16(26-15)25-9-13(22)18-8-12-5-2-6-24-12/h1,3-4,7,12H,2,5-6,8-9H2,(H,18,22)(H,19,20,23)/t12-/m1/s1. The maximum Gasteiger partial charge on any atom is 0.257 e. The van der Waals surface area contributed by atoms with Crippen LogP contribution in [0.5, 0.6) is 0 Å². The molecule has 7 nitrogen and oxygen atoms in total. The van der Waals surface area contributed by atoms with Gasteiger partial charge in [-0.3, -0.25) is 14.9 Å². The van der Waals surface area contributed by atoms with Gasteiger partial charge in [-0.1, -0.05) is 40.8 Å². The number of carbonyl (C=O) groups excluding carboxylic acids is 2. The first-order valence-corrected chi connectivity index (χ1v) is 10.2. The number of hydrogen-bond acceptors (Lipinski definition) is 7. The molecule has 1 saturated heterocycles. The molecule has 2 heterocycles. The summed E-state index contributed by atoms with van der Waals surface area (Å²) in [4.78, 5) is 24.0. The monoisotopic (exact) mass is 412 g/mol. The number of hydrogen-bond donors (Lipinski definition) is 2. The van der Waals surface area contributed by atoms with Gasteiger partial charge in [0.2, 0.25) is 11.0 Å². The van der Waals surface area contributed by atoms with E-state index in [0.29, 0.717) is 26.6 Å². The lowest BCUT2D eigenvalue weighted by molar-refractivity contribution is -0.119. The number of anilines is 1. The number of nitrogens with one attached hydrogen (secondary N) is 2. The third kappa shape index (κ3) is 5.66. The molecule has 138 valence electrons. The summed E-state index contributed by atoms with van der Waals surface area (Å²) < 4.78 is 6.07. The van der Waals surface area contributed by atoms with Crippen LogP contribution in [0.15, 0.2) is 28.6 Å². The Bertz CT molecular complexity index is 780. The van der Waals surface area contributed by atoms with Crippen molar-refractivity contribution in [2.24, 2.45) is 0 Å². The lowest BCUT2D eigenvalue weighted by Gasteiger charge is -2.09. The number of aromatic nitrogens is 2. The van der Waals surface area contributed by atoms with E-state index in [2.05, 4.69) is 20.8 Å². The predicted molar refractivity (Wildman–Crippen MR) is 102 cm³/mol. The lowest BCUT2D eigenvalue weighted by atomic mass is 10.2. The van der Waals surface area contributed by atoms with E-state index in [0.717, 1.165) is 19.4 Å². The molecule has 0 saturated carbocycles. The van der Waals surface area contributed by atoms with Crippen LogP contribution in [0.1, 0.15) is 23.2 Å². The average molecular weight is 413 g/mol. The van der Waals surface area contributed by atoms with Crippen molar-refractivity contribution in [1.82, 2.24) is 15.5 Å². The zero-order valence-electron chi connectivity index (χ0n) is 13.7. The van der Waals surface area contributed by atoms with Crippen molar-refractivity contribution in [3.63, 3.8) is 0 Å². The zero-order chi connectivity index (χ0) is 18.4. The summed E-state index contributed by atoms with van der Waals surface area (Å²) in [6, 6.07) is 6.64. The Morgan fingerprint density at radius 1 is 1.38 bits per heavy atom. The van der Waals surface area contributed by atoms with Gasteiger partial charge in [0.15, 0.2) is 4.34 Å². The molecule has 1 aliphatic rings. The molecule has 1 aromatic heterocycles.